The molecule has 1 aromatic carbocycles. The van der Waals surface area contributed by atoms with Crippen LogP contribution in [0.2, 0.25) is 10.0 Å². The number of carbonyl (C=O) groups excluding carboxylic acids is 1. The number of benzene rings is 1. The van der Waals surface area contributed by atoms with E-state index in [0.717, 1.165) is 4.47 Å². The van der Waals surface area contributed by atoms with Gasteiger partial charge in [0, 0.05) is 16.9 Å². The lowest BCUT2D eigenvalue weighted by Crippen LogP contribution is -2.12. The van der Waals surface area contributed by atoms with Gasteiger partial charge in [0.25, 0.3) is 5.91 Å². The number of halogens is 3. The van der Waals surface area contributed by atoms with Crippen molar-refractivity contribution in [3.63, 3.8) is 0 Å². The number of aromatic nitrogens is 1. The normalized spacial score (nSPS) is 10.2. The van der Waals surface area contributed by atoms with Crippen molar-refractivity contribution in [2.45, 2.75) is 0 Å². The first kappa shape index (κ1) is 13.3. The van der Waals surface area contributed by atoms with Gasteiger partial charge in [-0.05, 0) is 24.3 Å². The van der Waals surface area contributed by atoms with Crippen molar-refractivity contribution >= 4 is 50.7 Å². The van der Waals surface area contributed by atoms with Crippen LogP contribution >= 0.6 is 39.1 Å². The molecule has 0 aliphatic heterocycles. The SMILES string of the molecule is O=C(Nc1ccc(Br)cc1Cl)c1ccncc1Cl. The molecule has 0 bridgehead atoms. The molecule has 0 fully saturated rings. The molecule has 6 heteroatoms. The van der Waals surface area contributed by atoms with Gasteiger partial charge in [-0.2, -0.15) is 0 Å². The van der Waals surface area contributed by atoms with Gasteiger partial charge >= 0.3 is 0 Å². The first-order chi connectivity index (χ1) is 8.58. The smallest absolute Gasteiger partial charge is 0.257 e. The van der Waals surface area contributed by atoms with Gasteiger partial charge < -0.3 is 5.32 Å². The topological polar surface area (TPSA) is 42.0 Å². The maximum absolute atomic E-state index is 12.0. The average molecular weight is 346 g/mol. The molecule has 2 aromatic rings. The molecule has 1 amide bonds. The van der Waals surface area contributed by atoms with Crippen molar-refractivity contribution < 1.29 is 4.79 Å². The van der Waals surface area contributed by atoms with Crippen LogP contribution < -0.4 is 5.32 Å². The third-order valence-corrected chi connectivity index (χ3v) is 3.30. The number of nitrogens with one attached hydrogen (secondary N) is 1. The zero-order valence-corrected chi connectivity index (χ0v) is 12.1. The standard InChI is InChI=1S/C12H7BrCl2N2O/c13-7-1-2-11(9(14)5-7)17-12(18)8-3-4-16-6-10(8)15/h1-6H,(H,17,18). The Hall–Kier alpha value is -1.10. The number of rotatable bonds is 2. The van der Waals surface area contributed by atoms with Crippen molar-refractivity contribution in [2.24, 2.45) is 0 Å². The Morgan fingerprint density at radius 2 is 2.00 bits per heavy atom. The maximum Gasteiger partial charge on any atom is 0.257 e. The van der Waals surface area contributed by atoms with Gasteiger partial charge in [-0.3, -0.25) is 9.78 Å². The van der Waals surface area contributed by atoms with Crippen molar-refractivity contribution in [2.75, 3.05) is 5.32 Å². The summed E-state index contributed by atoms with van der Waals surface area (Å²) in [7, 11) is 0. The van der Waals surface area contributed by atoms with Gasteiger partial charge in [0.05, 0.1) is 21.3 Å². The molecule has 1 N–H and O–H groups in total. The Morgan fingerprint density at radius 3 is 2.67 bits per heavy atom. The molecule has 18 heavy (non-hydrogen) atoms. The molecule has 0 atom stereocenters. The van der Waals surface area contributed by atoms with E-state index < -0.39 is 0 Å². The van der Waals surface area contributed by atoms with E-state index in [4.69, 9.17) is 23.2 Å². The molecule has 0 saturated heterocycles. The fourth-order valence-electron chi connectivity index (χ4n) is 1.34. The zero-order valence-electron chi connectivity index (χ0n) is 8.95. The maximum atomic E-state index is 12.0. The van der Waals surface area contributed by atoms with E-state index in [9.17, 15) is 4.79 Å². The molecule has 0 saturated carbocycles. The van der Waals surface area contributed by atoms with Crippen LogP contribution in [0.5, 0.6) is 0 Å². The quantitative estimate of drug-likeness (QED) is 0.876. The lowest BCUT2D eigenvalue weighted by molar-refractivity contribution is 0.102. The summed E-state index contributed by atoms with van der Waals surface area (Å²) in [5.41, 5.74) is 0.878. The highest BCUT2D eigenvalue weighted by atomic mass is 79.9. The zero-order chi connectivity index (χ0) is 13.1. The van der Waals surface area contributed by atoms with Crippen LogP contribution in [0.4, 0.5) is 5.69 Å². The molecule has 0 radical (unpaired) electrons. The van der Waals surface area contributed by atoms with E-state index in [2.05, 4.69) is 26.2 Å². The molecule has 1 heterocycles. The fourth-order valence-corrected chi connectivity index (χ4v) is 2.27. The average Bonchev–Trinajstić information content (AvgIpc) is 2.33. The summed E-state index contributed by atoms with van der Waals surface area (Å²) in [4.78, 5) is 15.8. The summed E-state index contributed by atoms with van der Waals surface area (Å²) in [5.74, 6) is -0.327. The highest BCUT2D eigenvalue weighted by Crippen LogP contribution is 2.26. The largest absolute Gasteiger partial charge is 0.321 e. The van der Waals surface area contributed by atoms with Crippen LogP contribution in [0.15, 0.2) is 41.1 Å². The van der Waals surface area contributed by atoms with E-state index in [-0.39, 0.29) is 5.91 Å². The van der Waals surface area contributed by atoms with Crippen LogP contribution in [0.1, 0.15) is 10.4 Å². The highest BCUT2D eigenvalue weighted by molar-refractivity contribution is 9.10. The molecule has 3 nitrogen and oxygen atoms in total. The van der Waals surface area contributed by atoms with Crippen LogP contribution in [0.25, 0.3) is 0 Å². The predicted octanol–water partition coefficient (Wildman–Crippen LogP) is 4.40. The van der Waals surface area contributed by atoms with E-state index >= 15 is 0 Å². The van der Waals surface area contributed by atoms with Crippen LogP contribution in [-0.4, -0.2) is 10.9 Å². The molecule has 0 unspecified atom stereocenters. The van der Waals surface area contributed by atoms with Gasteiger partial charge in [-0.15, -0.1) is 0 Å². The molecule has 1 aromatic heterocycles. The Labute approximate surface area is 122 Å². The van der Waals surface area contributed by atoms with Crippen LogP contribution in [0, 0.1) is 0 Å². The van der Waals surface area contributed by atoms with Crippen molar-refractivity contribution in [1.29, 1.82) is 0 Å². The third kappa shape index (κ3) is 3.02. The first-order valence-electron chi connectivity index (χ1n) is 4.94. The minimum Gasteiger partial charge on any atom is -0.321 e. The van der Waals surface area contributed by atoms with E-state index in [0.29, 0.717) is 21.3 Å². The number of nitrogens with zero attached hydrogens (tertiary/aromatic N) is 1. The lowest BCUT2D eigenvalue weighted by atomic mass is 10.2. The minimum absolute atomic E-state index is 0.295. The Morgan fingerprint density at radius 1 is 1.22 bits per heavy atom. The first-order valence-corrected chi connectivity index (χ1v) is 6.49. The van der Waals surface area contributed by atoms with E-state index in [1.54, 1.807) is 24.3 Å². The number of pyridine rings is 1. The van der Waals surface area contributed by atoms with Crippen molar-refractivity contribution in [3.8, 4) is 0 Å². The second-order valence-electron chi connectivity index (χ2n) is 3.43. The van der Waals surface area contributed by atoms with Crippen LogP contribution in [0.3, 0.4) is 0 Å². The van der Waals surface area contributed by atoms with Crippen molar-refractivity contribution in [3.05, 3.63) is 56.7 Å². The van der Waals surface area contributed by atoms with Crippen LogP contribution in [-0.2, 0) is 0 Å². The number of hydrogen-bond donors (Lipinski definition) is 1. The summed E-state index contributed by atoms with van der Waals surface area (Å²) < 4.78 is 0.840. The Bertz CT molecular complexity index is 604. The molecule has 2 rings (SSSR count). The Balaban J connectivity index is 2.24. The number of hydrogen-bond acceptors (Lipinski definition) is 2. The highest BCUT2D eigenvalue weighted by Gasteiger charge is 2.11. The van der Waals surface area contributed by atoms with Gasteiger partial charge in [-0.1, -0.05) is 39.1 Å². The molecule has 92 valence electrons. The second-order valence-corrected chi connectivity index (χ2v) is 5.16. The third-order valence-electron chi connectivity index (χ3n) is 2.20. The summed E-state index contributed by atoms with van der Waals surface area (Å²) >= 11 is 15.2. The number of anilines is 1. The Kier molecular flexibility index (Phi) is 4.22. The summed E-state index contributed by atoms with van der Waals surface area (Å²) in [6.07, 6.45) is 2.92. The fraction of sp³-hybridized carbons (Fsp3) is 0. The van der Waals surface area contributed by atoms with Gasteiger partial charge in [0.1, 0.15) is 0 Å². The monoisotopic (exact) mass is 344 g/mol. The molecule has 0 aliphatic carbocycles. The second kappa shape index (κ2) is 5.69. The molecule has 0 spiro atoms. The van der Waals surface area contributed by atoms with Gasteiger partial charge in [-0.25, -0.2) is 0 Å². The molecule has 0 aliphatic rings. The minimum atomic E-state index is -0.327. The number of amides is 1. The summed E-state index contributed by atoms with van der Waals surface area (Å²) in [5, 5.41) is 3.43. The van der Waals surface area contributed by atoms with Crippen molar-refractivity contribution in [1.82, 2.24) is 4.98 Å². The van der Waals surface area contributed by atoms with E-state index in [1.807, 2.05) is 0 Å². The summed E-state index contributed by atoms with van der Waals surface area (Å²) in [6.45, 7) is 0. The summed E-state index contributed by atoms with van der Waals surface area (Å²) in [6, 6.07) is 6.74. The van der Waals surface area contributed by atoms with E-state index in [1.165, 1.54) is 12.4 Å². The number of carbonyl (C=O) groups is 1. The van der Waals surface area contributed by atoms with Gasteiger partial charge in [0.15, 0.2) is 0 Å². The predicted molar refractivity (Wildman–Crippen MR) is 76.4 cm³/mol. The molecular weight excluding hydrogens is 339 g/mol. The lowest BCUT2D eigenvalue weighted by Gasteiger charge is -2.08. The molecular formula is C12H7BrCl2N2O. The van der Waals surface area contributed by atoms with Gasteiger partial charge in [0.2, 0.25) is 0 Å².